The molecule has 0 aromatic rings. The fourth-order valence-corrected chi connectivity index (χ4v) is 2.52. The van der Waals surface area contributed by atoms with Crippen molar-refractivity contribution in [2.24, 2.45) is 11.8 Å². The molecule has 1 aliphatic carbocycles. The Morgan fingerprint density at radius 1 is 1.47 bits per heavy atom. The minimum atomic E-state index is -0.554. The summed E-state index contributed by atoms with van der Waals surface area (Å²) in [6.45, 7) is 6.19. The molecule has 1 fully saturated rings. The van der Waals surface area contributed by atoms with Gasteiger partial charge in [0.05, 0.1) is 0 Å². The highest BCUT2D eigenvalue weighted by atomic mass is 16.5. The van der Waals surface area contributed by atoms with Gasteiger partial charge in [-0.25, -0.2) is 0 Å². The van der Waals surface area contributed by atoms with Crippen LogP contribution in [0, 0.1) is 11.8 Å². The summed E-state index contributed by atoms with van der Waals surface area (Å²) in [4.78, 5) is 12.3. The number of hydrogen-bond acceptors (Lipinski definition) is 2. The van der Waals surface area contributed by atoms with Gasteiger partial charge >= 0.3 is 0 Å². The van der Waals surface area contributed by atoms with Crippen LogP contribution in [0.2, 0.25) is 0 Å². The predicted molar refractivity (Wildman–Crippen MR) is 61.8 cm³/mol. The van der Waals surface area contributed by atoms with E-state index >= 15 is 0 Å². The van der Waals surface area contributed by atoms with Crippen LogP contribution in [0.25, 0.3) is 0 Å². The Labute approximate surface area is 93.4 Å². The van der Waals surface area contributed by atoms with Gasteiger partial charge in [-0.05, 0) is 32.1 Å². The number of methoxy groups -OCH3 is 1. The second-order valence-corrected chi connectivity index (χ2v) is 5.12. The second kappa shape index (κ2) is 5.11. The zero-order valence-corrected chi connectivity index (χ0v) is 10.5. The van der Waals surface area contributed by atoms with Crippen LogP contribution in [0.4, 0.5) is 0 Å². The van der Waals surface area contributed by atoms with E-state index < -0.39 is 5.60 Å². The summed E-state index contributed by atoms with van der Waals surface area (Å²) >= 11 is 0. The van der Waals surface area contributed by atoms with Gasteiger partial charge in [-0.3, -0.25) is 4.79 Å². The molecule has 3 unspecified atom stereocenters. The van der Waals surface area contributed by atoms with Crippen molar-refractivity contribution in [1.82, 2.24) is 0 Å². The van der Waals surface area contributed by atoms with Crippen molar-refractivity contribution < 1.29 is 9.53 Å². The summed E-state index contributed by atoms with van der Waals surface area (Å²) in [6.07, 6.45) is 5.35. The monoisotopic (exact) mass is 212 g/mol. The van der Waals surface area contributed by atoms with Gasteiger partial charge in [0.1, 0.15) is 5.60 Å². The molecule has 0 spiro atoms. The lowest BCUT2D eigenvalue weighted by atomic mass is 9.75. The fourth-order valence-electron chi connectivity index (χ4n) is 2.52. The Kier molecular flexibility index (Phi) is 4.32. The molecule has 0 amide bonds. The smallest absolute Gasteiger partial charge is 0.167 e. The van der Waals surface area contributed by atoms with Crippen LogP contribution in [0.5, 0.6) is 0 Å². The average molecular weight is 212 g/mol. The van der Waals surface area contributed by atoms with Gasteiger partial charge in [-0.2, -0.15) is 0 Å². The predicted octanol–water partition coefficient (Wildman–Crippen LogP) is 3.20. The lowest BCUT2D eigenvalue weighted by molar-refractivity contribution is -0.145. The summed E-state index contributed by atoms with van der Waals surface area (Å²) in [6, 6.07) is 0. The summed E-state index contributed by atoms with van der Waals surface area (Å²) in [5.74, 6) is 1.25. The van der Waals surface area contributed by atoms with Gasteiger partial charge in [0.15, 0.2) is 5.78 Å². The van der Waals surface area contributed by atoms with E-state index in [1.165, 1.54) is 12.8 Å². The van der Waals surface area contributed by atoms with E-state index in [0.29, 0.717) is 11.7 Å². The number of Topliss-reactive ketones (excluding diaryl/α,β-unsaturated/α-hetero) is 1. The first-order chi connectivity index (χ1) is 7.03. The molecule has 0 radical (unpaired) electrons. The van der Waals surface area contributed by atoms with Gasteiger partial charge in [0.25, 0.3) is 0 Å². The standard InChI is InChI=1S/C13H24O2/c1-5-13(3,15-4)12(14)11-8-6-7-10(2)9-11/h10-11H,5-9H2,1-4H3. The molecule has 0 bridgehead atoms. The molecule has 15 heavy (non-hydrogen) atoms. The van der Waals surface area contributed by atoms with E-state index in [1.54, 1.807) is 7.11 Å². The van der Waals surface area contributed by atoms with Crippen LogP contribution in [-0.2, 0) is 9.53 Å². The Bertz CT molecular complexity index is 219. The zero-order chi connectivity index (χ0) is 11.5. The number of rotatable bonds is 4. The van der Waals surface area contributed by atoms with Crippen molar-refractivity contribution in [3.63, 3.8) is 0 Å². The first-order valence-electron chi connectivity index (χ1n) is 6.13. The van der Waals surface area contributed by atoms with E-state index in [2.05, 4.69) is 6.92 Å². The maximum Gasteiger partial charge on any atom is 0.167 e. The van der Waals surface area contributed by atoms with Gasteiger partial charge < -0.3 is 4.74 Å². The van der Waals surface area contributed by atoms with Gasteiger partial charge in [-0.15, -0.1) is 0 Å². The lowest BCUT2D eigenvalue weighted by Crippen LogP contribution is -2.42. The third-order valence-electron chi connectivity index (χ3n) is 3.95. The van der Waals surface area contributed by atoms with E-state index in [9.17, 15) is 4.79 Å². The molecular formula is C13H24O2. The van der Waals surface area contributed by atoms with Gasteiger partial charge in [0.2, 0.25) is 0 Å². The molecule has 2 heteroatoms. The third kappa shape index (κ3) is 2.81. The number of hydrogen-bond donors (Lipinski definition) is 0. The summed E-state index contributed by atoms with van der Waals surface area (Å²) in [5.41, 5.74) is -0.554. The third-order valence-corrected chi connectivity index (χ3v) is 3.95. The Balaban J connectivity index is 2.66. The quantitative estimate of drug-likeness (QED) is 0.715. The molecule has 1 aliphatic rings. The molecule has 88 valence electrons. The molecule has 0 aromatic heterocycles. The largest absolute Gasteiger partial charge is 0.371 e. The first kappa shape index (κ1) is 12.7. The molecule has 1 rings (SSSR count). The number of ether oxygens (including phenoxy) is 1. The average Bonchev–Trinajstić information content (AvgIpc) is 2.27. The van der Waals surface area contributed by atoms with E-state index in [-0.39, 0.29) is 5.92 Å². The highest BCUT2D eigenvalue weighted by molar-refractivity contribution is 5.89. The molecular weight excluding hydrogens is 188 g/mol. The highest BCUT2D eigenvalue weighted by Gasteiger charge is 2.37. The minimum absolute atomic E-state index is 0.235. The molecule has 3 atom stereocenters. The van der Waals surface area contributed by atoms with Crippen molar-refractivity contribution in [3.8, 4) is 0 Å². The summed E-state index contributed by atoms with van der Waals surface area (Å²) < 4.78 is 5.39. The van der Waals surface area contributed by atoms with Crippen molar-refractivity contribution >= 4 is 5.78 Å². The molecule has 0 aromatic carbocycles. The first-order valence-corrected chi connectivity index (χ1v) is 6.13. The maximum atomic E-state index is 12.3. The SMILES string of the molecule is CCC(C)(OC)C(=O)C1CCCC(C)C1. The van der Waals surface area contributed by atoms with Gasteiger partial charge in [0, 0.05) is 13.0 Å². The summed E-state index contributed by atoms with van der Waals surface area (Å²) in [7, 11) is 1.65. The minimum Gasteiger partial charge on any atom is -0.371 e. The molecule has 0 heterocycles. The van der Waals surface area contributed by atoms with Crippen molar-refractivity contribution in [2.45, 2.75) is 58.5 Å². The Morgan fingerprint density at radius 3 is 2.60 bits per heavy atom. The van der Waals surface area contributed by atoms with E-state index in [1.807, 2.05) is 13.8 Å². The molecule has 0 aliphatic heterocycles. The van der Waals surface area contributed by atoms with Crippen LogP contribution < -0.4 is 0 Å². The Morgan fingerprint density at radius 2 is 2.13 bits per heavy atom. The number of carbonyl (C=O) groups excluding carboxylic acids is 1. The van der Waals surface area contributed by atoms with Crippen molar-refractivity contribution in [3.05, 3.63) is 0 Å². The van der Waals surface area contributed by atoms with E-state index in [4.69, 9.17) is 4.74 Å². The second-order valence-electron chi connectivity index (χ2n) is 5.12. The van der Waals surface area contributed by atoms with Crippen molar-refractivity contribution in [2.75, 3.05) is 7.11 Å². The number of ketones is 1. The van der Waals surface area contributed by atoms with Crippen LogP contribution in [0.1, 0.15) is 52.9 Å². The van der Waals surface area contributed by atoms with Gasteiger partial charge in [-0.1, -0.05) is 26.7 Å². The van der Waals surface area contributed by atoms with Crippen LogP contribution >= 0.6 is 0 Å². The number of carbonyl (C=O) groups is 1. The lowest BCUT2D eigenvalue weighted by Gasteiger charge is -2.33. The van der Waals surface area contributed by atoms with E-state index in [0.717, 1.165) is 19.3 Å². The highest BCUT2D eigenvalue weighted by Crippen LogP contribution is 2.33. The van der Waals surface area contributed by atoms with Crippen LogP contribution in [0.15, 0.2) is 0 Å². The van der Waals surface area contributed by atoms with Crippen LogP contribution in [-0.4, -0.2) is 18.5 Å². The normalized spacial score (nSPS) is 30.9. The fraction of sp³-hybridized carbons (Fsp3) is 0.923. The van der Waals surface area contributed by atoms with Crippen LogP contribution in [0.3, 0.4) is 0 Å². The zero-order valence-electron chi connectivity index (χ0n) is 10.5. The maximum absolute atomic E-state index is 12.3. The Hall–Kier alpha value is -0.370. The topological polar surface area (TPSA) is 26.3 Å². The molecule has 1 saturated carbocycles. The van der Waals surface area contributed by atoms with Crippen molar-refractivity contribution in [1.29, 1.82) is 0 Å². The molecule has 0 N–H and O–H groups in total. The summed E-state index contributed by atoms with van der Waals surface area (Å²) in [5, 5.41) is 0. The molecule has 0 saturated heterocycles. The molecule has 2 nitrogen and oxygen atoms in total.